The van der Waals surface area contributed by atoms with Crippen LogP contribution in [0.15, 0.2) is 23.6 Å². The van der Waals surface area contributed by atoms with E-state index in [-0.39, 0.29) is 5.41 Å². The van der Waals surface area contributed by atoms with Crippen molar-refractivity contribution in [2.24, 2.45) is 0 Å². The van der Waals surface area contributed by atoms with Crippen molar-refractivity contribution in [2.45, 2.75) is 46.1 Å². The first kappa shape index (κ1) is 15.4. The predicted molar refractivity (Wildman–Crippen MR) is 98.5 cm³/mol. The molecular formula is C19H26N2S. The minimum atomic E-state index is 0.277. The fourth-order valence-electron chi connectivity index (χ4n) is 3.61. The molecule has 0 aliphatic carbocycles. The van der Waals surface area contributed by atoms with E-state index < -0.39 is 0 Å². The van der Waals surface area contributed by atoms with E-state index in [1.165, 1.54) is 33.8 Å². The van der Waals surface area contributed by atoms with Gasteiger partial charge in [0.05, 0.1) is 6.54 Å². The third kappa shape index (κ3) is 2.63. The zero-order valence-electron chi connectivity index (χ0n) is 14.3. The first-order valence-corrected chi connectivity index (χ1v) is 8.91. The first-order valence-electron chi connectivity index (χ1n) is 8.03. The van der Waals surface area contributed by atoms with Crippen LogP contribution in [0, 0.1) is 13.8 Å². The normalized spacial score (nSPS) is 17.0. The lowest BCUT2D eigenvalue weighted by molar-refractivity contribution is 0.491. The van der Waals surface area contributed by atoms with Crippen LogP contribution < -0.4 is 10.2 Å². The summed E-state index contributed by atoms with van der Waals surface area (Å²) in [7, 11) is 2.00. The summed E-state index contributed by atoms with van der Waals surface area (Å²) >= 11 is 1.90. The Morgan fingerprint density at radius 1 is 1.18 bits per heavy atom. The van der Waals surface area contributed by atoms with Gasteiger partial charge in [-0.1, -0.05) is 13.8 Å². The highest BCUT2D eigenvalue weighted by molar-refractivity contribution is 7.10. The third-order valence-electron chi connectivity index (χ3n) is 4.95. The Kier molecular flexibility index (Phi) is 3.94. The van der Waals surface area contributed by atoms with Gasteiger partial charge in [0, 0.05) is 29.8 Å². The molecule has 0 fully saturated rings. The van der Waals surface area contributed by atoms with Gasteiger partial charge in [-0.15, -0.1) is 11.3 Å². The molecule has 0 radical (unpaired) electrons. The van der Waals surface area contributed by atoms with Gasteiger partial charge in [0.15, 0.2) is 0 Å². The Labute approximate surface area is 138 Å². The molecule has 0 saturated carbocycles. The molecule has 118 valence electrons. The van der Waals surface area contributed by atoms with Gasteiger partial charge in [0.2, 0.25) is 0 Å². The summed E-state index contributed by atoms with van der Waals surface area (Å²) in [6.07, 6.45) is 1.20. The highest BCUT2D eigenvalue weighted by atomic mass is 32.1. The Bertz CT molecular complexity index is 661. The quantitative estimate of drug-likeness (QED) is 0.830. The van der Waals surface area contributed by atoms with Crippen LogP contribution >= 0.6 is 11.3 Å². The maximum atomic E-state index is 3.31. The summed E-state index contributed by atoms with van der Waals surface area (Å²) in [6.45, 7) is 11.3. The predicted octanol–water partition coefficient (Wildman–Crippen LogP) is 5.09. The Balaban J connectivity index is 1.98. The molecule has 0 unspecified atom stereocenters. The summed E-state index contributed by atoms with van der Waals surface area (Å²) in [5.41, 5.74) is 7.08. The van der Waals surface area contributed by atoms with Crippen molar-refractivity contribution >= 4 is 22.7 Å². The van der Waals surface area contributed by atoms with Gasteiger partial charge in [-0.25, -0.2) is 0 Å². The van der Waals surface area contributed by atoms with Crippen LogP contribution in [0.4, 0.5) is 11.4 Å². The number of rotatable bonds is 2. The first-order chi connectivity index (χ1) is 10.4. The van der Waals surface area contributed by atoms with E-state index >= 15 is 0 Å². The molecule has 0 amide bonds. The monoisotopic (exact) mass is 314 g/mol. The van der Waals surface area contributed by atoms with Gasteiger partial charge < -0.3 is 10.2 Å². The average molecular weight is 314 g/mol. The Morgan fingerprint density at radius 2 is 1.86 bits per heavy atom. The molecule has 1 aliphatic heterocycles. The van der Waals surface area contributed by atoms with Gasteiger partial charge >= 0.3 is 0 Å². The van der Waals surface area contributed by atoms with Crippen molar-refractivity contribution < 1.29 is 0 Å². The fourth-order valence-corrected chi connectivity index (χ4v) is 4.68. The summed E-state index contributed by atoms with van der Waals surface area (Å²) in [4.78, 5) is 4.07. The van der Waals surface area contributed by atoms with E-state index in [9.17, 15) is 0 Å². The lowest BCUT2D eigenvalue weighted by atomic mass is 9.82. The second kappa shape index (κ2) is 5.62. The van der Waals surface area contributed by atoms with E-state index in [1.807, 2.05) is 18.4 Å². The van der Waals surface area contributed by atoms with Crippen molar-refractivity contribution in [3.05, 3.63) is 45.1 Å². The van der Waals surface area contributed by atoms with E-state index in [0.717, 1.165) is 13.1 Å². The number of nitrogens with one attached hydrogen (secondary N) is 1. The topological polar surface area (TPSA) is 15.3 Å². The van der Waals surface area contributed by atoms with E-state index in [1.54, 1.807) is 5.56 Å². The minimum absolute atomic E-state index is 0.277. The van der Waals surface area contributed by atoms with E-state index in [0.29, 0.717) is 0 Å². The van der Waals surface area contributed by atoms with Crippen molar-refractivity contribution in [1.82, 2.24) is 0 Å². The number of anilines is 2. The number of hydrogen-bond donors (Lipinski definition) is 1. The molecule has 0 spiro atoms. The number of aryl methyl sites for hydroxylation is 2. The van der Waals surface area contributed by atoms with Crippen molar-refractivity contribution in [1.29, 1.82) is 0 Å². The summed E-state index contributed by atoms with van der Waals surface area (Å²) < 4.78 is 0. The van der Waals surface area contributed by atoms with Crippen LogP contribution in [0.2, 0.25) is 0 Å². The highest BCUT2D eigenvalue weighted by Crippen LogP contribution is 2.38. The smallest absolute Gasteiger partial charge is 0.0525 e. The number of hydrogen-bond acceptors (Lipinski definition) is 3. The maximum absolute atomic E-state index is 3.31. The molecule has 22 heavy (non-hydrogen) atoms. The highest BCUT2D eigenvalue weighted by Gasteiger charge is 2.29. The van der Waals surface area contributed by atoms with Gasteiger partial charge in [-0.2, -0.15) is 0 Å². The molecular weight excluding hydrogens is 288 g/mol. The Morgan fingerprint density at radius 3 is 2.50 bits per heavy atom. The molecule has 0 bridgehead atoms. The molecule has 0 atom stereocenters. The van der Waals surface area contributed by atoms with E-state index in [4.69, 9.17) is 0 Å². The SMILES string of the molecule is CNc1c(C)cc(N2CCC(C)(C)c3ccsc3C2)cc1C. The lowest BCUT2D eigenvalue weighted by Gasteiger charge is -2.26. The molecule has 2 nitrogen and oxygen atoms in total. The van der Waals surface area contributed by atoms with Crippen LogP contribution in [-0.2, 0) is 12.0 Å². The molecule has 3 heteroatoms. The van der Waals surface area contributed by atoms with Crippen LogP contribution in [-0.4, -0.2) is 13.6 Å². The molecule has 3 rings (SSSR count). The summed E-state index contributed by atoms with van der Waals surface area (Å²) in [5, 5.41) is 5.56. The standard InChI is InChI=1S/C19H26N2S/c1-13-10-15(11-14(2)18(13)20-5)21-8-7-19(3,4)16-6-9-22-17(16)12-21/h6,9-11,20H,7-8,12H2,1-5H3. The van der Waals surface area contributed by atoms with Crippen LogP contribution in [0.3, 0.4) is 0 Å². The van der Waals surface area contributed by atoms with Crippen LogP contribution in [0.1, 0.15) is 41.8 Å². The number of nitrogens with zero attached hydrogens (tertiary/aromatic N) is 1. The minimum Gasteiger partial charge on any atom is -0.388 e. The molecule has 1 N–H and O–H groups in total. The summed E-state index contributed by atoms with van der Waals surface area (Å²) in [5.74, 6) is 0. The van der Waals surface area contributed by atoms with Crippen LogP contribution in [0.5, 0.6) is 0 Å². The number of benzene rings is 1. The number of thiophene rings is 1. The maximum Gasteiger partial charge on any atom is 0.0525 e. The fraction of sp³-hybridized carbons (Fsp3) is 0.474. The molecule has 2 heterocycles. The van der Waals surface area contributed by atoms with E-state index in [2.05, 4.69) is 61.5 Å². The van der Waals surface area contributed by atoms with Gasteiger partial charge in [-0.3, -0.25) is 0 Å². The summed E-state index contributed by atoms with van der Waals surface area (Å²) in [6, 6.07) is 6.97. The zero-order chi connectivity index (χ0) is 15.9. The van der Waals surface area contributed by atoms with Crippen molar-refractivity contribution in [3.63, 3.8) is 0 Å². The molecule has 2 aromatic rings. The van der Waals surface area contributed by atoms with Gasteiger partial charge in [-0.05, 0) is 66.0 Å². The van der Waals surface area contributed by atoms with Gasteiger partial charge in [0.1, 0.15) is 0 Å². The Hall–Kier alpha value is -1.48. The zero-order valence-corrected chi connectivity index (χ0v) is 15.1. The second-order valence-corrected chi connectivity index (χ2v) is 8.02. The van der Waals surface area contributed by atoms with Crippen molar-refractivity contribution in [2.75, 3.05) is 23.8 Å². The molecule has 1 aliphatic rings. The molecule has 0 saturated heterocycles. The average Bonchev–Trinajstić information content (AvgIpc) is 2.87. The number of fused-ring (bicyclic) bond motifs is 1. The largest absolute Gasteiger partial charge is 0.388 e. The third-order valence-corrected chi connectivity index (χ3v) is 5.85. The molecule has 1 aromatic heterocycles. The lowest BCUT2D eigenvalue weighted by Crippen LogP contribution is -2.25. The van der Waals surface area contributed by atoms with Gasteiger partial charge in [0.25, 0.3) is 0 Å². The van der Waals surface area contributed by atoms with Crippen LogP contribution in [0.25, 0.3) is 0 Å². The molecule has 1 aromatic carbocycles. The second-order valence-electron chi connectivity index (χ2n) is 7.02. The van der Waals surface area contributed by atoms with Crippen molar-refractivity contribution in [3.8, 4) is 0 Å².